The highest BCUT2D eigenvalue weighted by molar-refractivity contribution is 5.91. The lowest BCUT2D eigenvalue weighted by Gasteiger charge is -2.34. The first kappa shape index (κ1) is 19.1. The second-order valence-electron chi connectivity index (χ2n) is 7.69. The van der Waals surface area contributed by atoms with Gasteiger partial charge in [0.05, 0.1) is 11.3 Å². The van der Waals surface area contributed by atoms with Crippen molar-refractivity contribution in [3.63, 3.8) is 0 Å². The van der Waals surface area contributed by atoms with E-state index in [1.54, 1.807) is 17.0 Å². The number of hydrogen-bond acceptors (Lipinski definition) is 4. The maximum atomic E-state index is 12.3. The van der Waals surface area contributed by atoms with Crippen molar-refractivity contribution in [2.45, 2.75) is 34.1 Å². The topological polar surface area (TPSA) is 75.3 Å². The van der Waals surface area contributed by atoms with Crippen LogP contribution in [0.2, 0.25) is 0 Å². The van der Waals surface area contributed by atoms with Crippen molar-refractivity contribution in [2.24, 2.45) is 11.8 Å². The van der Waals surface area contributed by atoms with E-state index in [2.05, 4.69) is 23.8 Å². The summed E-state index contributed by atoms with van der Waals surface area (Å²) in [5.74, 6) is 1.12. The lowest BCUT2D eigenvalue weighted by molar-refractivity contribution is -0.137. The zero-order valence-corrected chi connectivity index (χ0v) is 16.4. The molecule has 1 aliphatic rings. The monoisotopic (exact) mass is 369 g/mol. The molecule has 2 heterocycles. The van der Waals surface area contributed by atoms with Gasteiger partial charge in [-0.15, -0.1) is 0 Å². The summed E-state index contributed by atoms with van der Waals surface area (Å²) >= 11 is 0. The average Bonchev–Trinajstić information content (AvgIpc) is 2.97. The standard InChI is InChI=1S/C21H27N3O3/c1-13-9-14(2)11-24(10-13)19(25)12-27-21(26)18-7-5-17(6-8-18)20-22-15(3)16(4)23-20/h5-8,13-14H,9-12H2,1-4H3,(H,22,23). The number of nitrogens with one attached hydrogen (secondary N) is 1. The molecule has 2 unspecified atom stereocenters. The van der Waals surface area contributed by atoms with Crippen molar-refractivity contribution >= 4 is 11.9 Å². The number of aromatic amines is 1. The lowest BCUT2D eigenvalue weighted by Crippen LogP contribution is -2.44. The summed E-state index contributed by atoms with van der Waals surface area (Å²) in [7, 11) is 0. The number of carbonyl (C=O) groups is 2. The van der Waals surface area contributed by atoms with Gasteiger partial charge in [0, 0.05) is 24.3 Å². The van der Waals surface area contributed by atoms with Crippen LogP contribution in [0.25, 0.3) is 11.4 Å². The van der Waals surface area contributed by atoms with Crippen LogP contribution in [-0.4, -0.2) is 46.4 Å². The van der Waals surface area contributed by atoms with Crippen LogP contribution in [0, 0.1) is 25.7 Å². The molecule has 1 fully saturated rings. The highest BCUT2D eigenvalue weighted by Crippen LogP contribution is 2.21. The Bertz CT molecular complexity index is 796. The van der Waals surface area contributed by atoms with Gasteiger partial charge in [-0.1, -0.05) is 26.0 Å². The fourth-order valence-electron chi connectivity index (χ4n) is 3.62. The fraction of sp³-hybridized carbons (Fsp3) is 0.476. The molecule has 2 atom stereocenters. The Morgan fingerprint density at radius 2 is 1.78 bits per heavy atom. The van der Waals surface area contributed by atoms with Crippen LogP contribution in [0.1, 0.15) is 42.0 Å². The molecule has 0 radical (unpaired) electrons. The highest BCUT2D eigenvalue weighted by atomic mass is 16.5. The number of aromatic nitrogens is 2. The summed E-state index contributed by atoms with van der Waals surface area (Å²) in [5, 5.41) is 0. The van der Waals surface area contributed by atoms with Gasteiger partial charge < -0.3 is 14.6 Å². The molecule has 1 amide bonds. The third-order valence-electron chi connectivity index (χ3n) is 5.07. The molecule has 2 aromatic rings. The summed E-state index contributed by atoms with van der Waals surface area (Å²) in [5.41, 5.74) is 3.30. The minimum Gasteiger partial charge on any atom is -0.452 e. The van der Waals surface area contributed by atoms with Crippen molar-refractivity contribution in [1.82, 2.24) is 14.9 Å². The zero-order chi connectivity index (χ0) is 19.6. The van der Waals surface area contributed by atoms with E-state index in [4.69, 9.17) is 4.74 Å². The largest absolute Gasteiger partial charge is 0.452 e. The van der Waals surface area contributed by atoms with Crippen LogP contribution in [0.5, 0.6) is 0 Å². The first-order chi connectivity index (χ1) is 12.8. The molecule has 6 nitrogen and oxygen atoms in total. The SMILES string of the molecule is Cc1nc(-c2ccc(C(=O)OCC(=O)N3CC(C)CC(C)C3)cc2)[nH]c1C. The average molecular weight is 369 g/mol. The molecule has 27 heavy (non-hydrogen) atoms. The fourth-order valence-corrected chi connectivity index (χ4v) is 3.62. The number of carbonyl (C=O) groups excluding carboxylic acids is 2. The van der Waals surface area contributed by atoms with E-state index in [0.29, 0.717) is 17.4 Å². The van der Waals surface area contributed by atoms with E-state index in [1.165, 1.54) is 0 Å². The molecule has 1 N–H and O–H groups in total. The lowest BCUT2D eigenvalue weighted by atomic mass is 9.92. The Balaban J connectivity index is 1.57. The van der Waals surface area contributed by atoms with Gasteiger partial charge in [-0.3, -0.25) is 4.79 Å². The first-order valence-corrected chi connectivity index (χ1v) is 9.42. The molecule has 144 valence electrons. The number of H-pyrrole nitrogens is 1. The molecular weight excluding hydrogens is 342 g/mol. The first-order valence-electron chi connectivity index (χ1n) is 9.42. The summed E-state index contributed by atoms with van der Waals surface area (Å²) < 4.78 is 5.23. The smallest absolute Gasteiger partial charge is 0.338 e. The molecule has 3 rings (SSSR count). The van der Waals surface area contributed by atoms with Crippen LogP contribution >= 0.6 is 0 Å². The van der Waals surface area contributed by atoms with Crippen LogP contribution in [0.4, 0.5) is 0 Å². The Hall–Kier alpha value is -2.63. The normalized spacial score (nSPS) is 19.8. The van der Waals surface area contributed by atoms with Gasteiger partial charge in [-0.05, 0) is 44.2 Å². The van der Waals surface area contributed by atoms with Gasteiger partial charge in [0.15, 0.2) is 6.61 Å². The number of hydrogen-bond donors (Lipinski definition) is 1. The van der Waals surface area contributed by atoms with Gasteiger partial charge in [0.1, 0.15) is 5.82 Å². The number of amides is 1. The number of imidazole rings is 1. The third-order valence-corrected chi connectivity index (χ3v) is 5.07. The molecule has 1 aliphatic heterocycles. The maximum absolute atomic E-state index is 12.3. The third kappa shape index (κ3) is 4.56. The van der Waals surface area contributed by atoms with E-state index in [9.17, 15) is 9.59 Å². The Morgan fingerprint density at radius 1 is 1.15 bits per heavy atom. The summed E-state index contributed by atoms with van der Waals surface area (Å²) in [6, 6.07) is 7.04. The second-order valence-corrected chi connectivity index (χ2v) is 7.69. The van der Waals surface area contributed by atoms with E-state index in [-0.39, 0.29) is 12.5 Å². The quantitative estimate of drug-likeness (QED) is 0.839. The Morgan fingerprint density at radius 3 is 2.33 bits per heavy atom. The van der Waals surface area contributed by atoms with E-state index >= 15 is 0 Å². The molecule has 0 spiro atoms. The summed E-state index contributed by atoms with van der Waals surface area (Å²) in [6.07, 6.45) is 1.13. The number of esters is 1. The van der Waals surface area contributed by atoms with Crippen molar-refractivity contribution in [2.75, 3.05) is 19.7 Å². The number of piperidine rings is 1. The number of rotatable bonds is 4. The summed E-state index contributed by atoms with van der Waals surface area (Å²) in [6.45, 7) is 9.46. The van der Waals surface area contributed by atoms with Crippen LogP contribution in [-0.2, 0) is 9.53 Å². The number of aryl methyl sites for hydroxylation is 2. The predicted molar refractivity (Wildman–Crippen MR) is 103 cm³/mol. The van der Waals surface area contributed by atoms with Gasteiger partial charge in [-0.2, -0.15) is 0 Å². The minimum absolute atomic E-state index is 0.125. The van der Waals surface area contributed by atoms with Crippen molar-refractivity contribution < 1.29 is 14.3 Å². The molecular formula is C21H27N3O3. The van der Waals surface area contributed by atoms with E-state index in [1.807, 2.05) is 26.0 Å². The molecule has 1 saturated heterocycles. The summed E-state index contributed by atoms with van der Waals surface area (Å²) in [4.78, 5) is 34.1. The van der Waals surface area contributed by atoms with Crippen molar-refractivity contribution in [3.05, 3.63) is 41.2 Å². The van der Waals surface area contributed by atoms with Gasteiger partial charge in [-0.25, -0.2) is 9.78 Å². The Labute approximate surface area is 159 Å². The Kier molecular flexibility index (Phi) is 5.63. The number of likely N-dealkylation sites (tertiary alicyclic amines) is 1. The molecule has 0 aliphatic carbocycles. The zero-order valence-electron chi connectivity index (χ0n) is 16.4. The molecule has 0 saturated carbocycles. The molecule has 1 aromatic heterocycles. The van der Waals surface area contributed by atoms with Gasteiger partial charge >= 0.3 is 5.97 Å². The molecule has 6 heteroatoms. The number of nitrogens with zero attached hydrogens (tertiary/aromatic N) is 2. The predicted octanol–water partition coefficient (Wildman–Crippen LogP) is 3.35. The van der Waals surface area contributed by atoms with Gasteiger partial charge in [0.2, 0.25) is 0 Å². The molecule has 0 bridgehead atoms. The maximum Gasteiger partial charge on any atom is 0.338 e. The van der Waals surface area contributed by atoms with Gasteiger partial charge in [0.25, 0.3) is 5.91 Å². The minimum atomic E-state index is -0.486. The number of benzene rings is 1. The van der Waals surface area contributed by atoms with Crippen LogP contribution < -0.4 is 0 Å². The molecule has 1 aromatic carbocycles. The second kappa shape index (κ2) is 7.94. The number of ether oxygens (including phenoxy) is 1. The van der Waals surface area contributed by atoms with Crippen molar-refractivity contribution in [3.8, 4) is 11.4 Å². The van der Waals surface area contributed by atoms with Crippen molar-refractivity contribution in [1.29, 1.82) is 0 Å². The van der Waals surface area contributed by atoms with Crippen LogP contribution in [0.3, 0.4) is 0 Å². The van der Waals surface area contributed by atoms with E-state index in [0.717, 1.165) is 42.3 Å². The van der Waals surface area contributed by atoms with E-state index < -0.39 is 5.97 Å². The highest BCUT2D eigenvalue weighted by Gasteiger charge is 2.26. The van der Waals surface area contributed by atoms with Crippen LogP contribution in [0.15, 0.2) is 24.3 Å².